The Balaban J connectivity index is 0.000000853. The summed E-state index contributed by atoms with van der Waals surface area (Å²) < 4.78 is -0.0860. The molecule has 0 aromatic carbocycles. The molecule has 2 bridgehead atoms. The van der Waals surface area contributed by atoms with Crippen molar-refractivity contribution in [1.29, 1.82) is 0 Å². The molecule has 3 aliphatic carbocycles. The fraction of sp³-hybridized carbons (Fsp3) is 0.909. The van der Waals surface area contributed by atoms with Crippen LogP contribution in [-0.2, 0) is 0 Å². The summed E-state index contributed by atoms with van der Waals surface area (Å²) in [5, 5.41) is 11.5. The number of hydrogen-bond acceptors (Lipinski definition) is 3. The van der Waals surface area contributed by atoms with Gasteiger partial charge in [-0.25, -0.2) is 0 Å². The normalized spacial score (nSPS) is 46.3. The Labute approximate surface area is 144 Å². The van der Waals surface area contributed by atoms with Gasteiger partial charge in [0.25, 0.3) is 0 Å². The van der Waals surface area contributed by atoms with Gasteiger partial charge in [-0.05, 0) is 53.7 Å². The van der Waals surface area contributed by atoms with Gasteiger partial charge >= 0.3 is 51.4 Å². The second kappa shape index (κ2) is 5.25. The van der Waals surface area contributed by atoms with E-state index < -0.39 is 0 Å². The molecule has 4 heteroatoms. The largest absolute Gasteiger partial charge is 1.00 e. The van der Waals surface area contributed by atoms with Crippen molar-refractivity contribution in [2.45, 2.75) is 37.4 Å². The van der Waals surface area contributed by atoms with E-state index >= 15 is 0 Å². The smallest absolute Gasteiger partial charge is 0.860 e. The third kappa shape index (κ3) is 2.38. The molecule has 3 rings (SSSR count). The van der Waals surface area contributed by atoms with E-state index in [2.05, 4.69) is 12.2 Å². The van der Waals surface area contributed by atoms with Crippen molar-refractivity contribution < 1.29 is 56.5 Å². The Morgan fingerprint density at radius 2 is 1.87 bits per heavy atom. The van der Waals surface area contributed by atoms with Crippen LogP contribution in [0.2, 0.25) is 0 Å². The molecule has 0 radical (unpaired) electrons. The first-order chi connectivity index (χ1) is 6.75. The van der Waals surface area contributed by atoms with Crippen molar-refractivity contribution in [3.05, 3.63) is 0 Å². The van der Waals surface area contributed by atoms with Crippen molar-refractivity contribution >= 4 is 28.4 Å². The van der Waals surface area contributed by atoms with Gasteiger partial charge < -0.3 is 5.11 Å². The Bertz CT molecular complexity index is 271. The zero-order valence-electron chi connectivity index (χ0n) is 9.15. The summed E-state index contributed by atoms with van der Waals surface area (Å²) in [6.45, 7) is 0. The van der Waals surface area contributed by atoms with Crippen LogP contribution < -0.4 is 56.5 Å². The van der Waals surface area contributed by atoms with E-state index in [4.69, 9.17) is 0 Å². The average molecular weight is 266 g/mol. The maximum Gasteiger partial charge on any atom is 1.00 e. The van der Waals surface area contributed by atoms with Crippen LogP contribution in [0.1, 0.15) is 32.1 Å². The molecular formula is C11H15KOS2. The van der Waals surface area contributed by atoms with Crippen LogP contribution in [0.5, 0.6) is 0 Å². The second-order valence-corrected chi connectivity index (χ2v) is 6.90. The van der Waals surface area contributed by atoms with E-state index in [0.717, 1.165) is 23.7 Å². The molecule has 0 N–H and O–H groups in total. The SMILES string of the molecule is [K+].[O-]C(=S)SC1CC2CC1C1CCCC21. The number of thiocarbonyl (C=S) groups is 1. The van der Waals surface area contributed by atoms with Gasteiger partial charge in [0.1, 0.15) is 0 Å². The molecule has 15 heavy (non-hydrogen) atoms. The topological polar surface area (TPSA) is 23.1 Å². The van der Waals surface area contributed by atoms with E-state index in [0.29, 0.717) is 5.25 Å². The molecule has 0 amide bonds. The summed E-state index contributed by atoms with van der Waals surface area (Å²) in [6.07, 6.45) is 7.00. The van der Waals surface area contributed by atoms with Crippen LogP contribution >= 0.6 is 24.0 Å². The summed E-state index contributed by atoms with van der Waals surface area (Å²) in [5.74, 6) is 3.77. The van der Waals surface area contributed by atoms with Crippen molar-refractivity contribution in [3.8, 4) is 0 Å². The monoisotopic (exact) mass is 266 g/mol. The quantitative estimate of drug-likeness (QED) is 0.458. The van der Waals surface area contributed by atoms with Gasteiger partial charge in [-0.15, -0.1) is 11.8 Å². The molecule has 0 heterocycles. The fourth-order valence-corrected chi connectivity index (χ4v) is 5.71. The van der Waals surface area contributed by atoms with Gasteiger partial charge in [0.2, 0.25) is 0 Å². The molecule has 3 fully saturated rings. The number of thioether (sulfide) groups is 1. The molecular weight excluding hydrogens is 251 g/mol. The number of fused-ring (bicyclic) bond motifs is 5. The van der Waals surface area contributed by atoms with E-state index in [1.807, 2.05) is 0 Å². The van der Waals surface area contributed by atoms with Crippen LogP contribution in [-0.4, -0.2) is 9.63 Å². The van der Waals surface area contributed by atoms with Crippen molar-refractivity contribution in [2.24, 2.45) is 23.7 Å². The number of hydrogen-bond donors (Lipinski definition) is 0. The van der Waals surface area contributed by atoms with Gasteiger partial charge in [-0.3, -0.25) is 0 Å². The van der Waals surface area contributed by atoms with Gasteiger partial charge in [-0.2, -0.15) is 0 Å². The van der Waals surface area contributed by atoms with Gasteiger partial charge in [0, 0.05) is 5.25 Å². The maximum atomic E-state index is 10.9. The Morgan fingerprint density at radius 3 is 2.60 bits per heavy atom. The third-order valence-electron chi connectivity index (χ3n) is 4.62. The molecule has 78 valence electrons. The molecule has 0 aliphatic heterocycles. The Kier molecular flexibility index (Phi) is 4.66. The summed E-state index contributed by atoms with van der Waals surface area (Å²) in [5.41, 5.74) is 0. The summed E-state index contributed by atoms with van der Waals surface area (Å²) in [7, 11) is 0. The molecule has 3 saturated carbocycles. The summed E-state index contributed by atoms with van der Waals surface area (Å²) >= 11 is 6.13. The van der Waals surface area contributed by atoms with E-state index in [1.165, 1.54) is 43.9 Å². The van der Waals surface area contributed by atoms with Crippen molar-refractivity contribution in [3.63, 3.8) is 0 Å². The van der Waals surface area contributed by atoms with Crippen LogP contribution in [0.3, 0.4) is 0 Å². The molecule has 0 saturated heterocycles. The van der Waals surface area contributed by atoms with Crippen LogP contribution in [0.4, 0.5) is 0 Å². The van der Waals surface area contributed by atoms with Gasteiger partial charge in [-0.1, -0.05) is 18.6 Å². The molecule has 5 atom stereocenters. The van der Waals surface area contributed by atoms with E-state index in [1.54, 1.807) is 0 Å². The third-order valence-corrected chi connectivity index (χ3v) is 5.94. The van der Waals surface area contributed by atoms with Crippen molar-refractivity contribution in [2.75, 3.05) is 0 Å². The zero-order chi connectivity index (χ0) is 9.71. The first-order valence-corrected chi connectivity index (χ1v) is 6.92. The molecule has 3 aliphatic rings. The number of rotatable bonds is 1. The minimum absolute atomic E-state index is 0. The first kappa shape index (κ1) is 13.3. The predicted octanol–water partition coefficient (Wildman–Crippen LogP) is -0.806. The van der Waals surface area contributed by atoms with Crippen molar-refractivity contribution in [1.82, 2.24) is 0 Å². The van der Waals surface area contributed by atoms with E-state index in [9.17, 15) is 5.11 Å². The van der Waals surface area contributed by atoms with Crippen LogP contribution in [0, 0.1) is 23.7 Å². The van der Waals surface area contributed by atoms with E-state index in [-0.39, 0.29) is 55.8 Å². The maximum absolute atomic E-state index is 10.9. The second-order valence-electron chi connectivity index (χ2n) is 5.06. The standard InChI is InChI=1S/C11H16OS2.K/c12-11(13)14-10-5-6-4-9(10)8-3-1-2-7(6)8;/h6-10H,1-5H2,(H,12,13);/q;+1/p-1. The molecule has 0 aromatic heterocycles. The zero-order valence-corrected chi connectivity index (χ0v) is 13.9. The molecule has 0 aromatic rings. The minimum Gasteiger partial charge on any atom is -0.860 e. The van der Waals surface area contributed by atoms with Crippen LogP contribution in [0.25, 0.3) is 0 Å². The van der Waals surface area contributed by atoms with Gasteiger partial charge in [0.15, 0.2) is 0 Å². The van der Waals surface area contributed by atoms with Gasteiger partial charge in [0.05, 0.1) is 0 Å². The molecule has 1 nitrogen and oxygen atoms in total. The first-order valence-electron chi connectivity index (χ1n) is 5.63. The molecule has 5 unspecified atom stereocenters. The predicted molar refractivity (Wildman–Crippen MR) is 61.0 cm³/mol. The molecule has 0 spiro atoms. The Morgan fingerprint density at radius 1 is 1.13 bits per heavy atom. The Hall–Kier alpha value is 1.88. The summed E-state index contributed by atoms with van der Waals surface area (Å²) in [4.78, 5) is 0. The average Bonchev–Trinajstić information content (AvgIpc) is 2.68. The minimum atomic E-state index is -0.0860. The fourth-order valence-electron chi connectivity index (χ4n) is 4.26. The summed E-state index contributed by atoms with van der Waals surface area (Å²) in [6, 6.07) is 0. The van der Waals surface area contributed by atoms with Crippen LogP contribution in [0.15, 0.2) is 0 Å².